The zero-order valence-electron chi connectivity index (χ0n) is 10.1. The van der Waals surface area contributed by atoms with Crippen molar-refractivity contribution < 1.29 is 9.66 Å². The van der Waals surface area contributed by atoms with Crippen LogP contribution < -0.4 is 4.74 Å². The van der Waals surface area contributed by atoms with Crippen LogP contribution in [0.25, 0.3) is 11.3 Å². The molecule has 0 N–H and O–H groups in total. The van der Waals surface area contributed by atoms with Gasteiger partial charge in [-0.2, -0.15) is 0 Å². The number of benzene rings is 1. The number of hydrogen-bond acceptors (Lipinski definition) is 4. The van der Waals surface area contributed by atoms with Gasteiger partial charge in [0.2, 0.25) is 0 Å². The monoisotopic (exact) mass is 332 g/mol. The number of halogens is 3. The molecule has 0 spiro atoms. The van der Waals surface area contributed by atoms with Crippen LogP contribution in [0.1, 0.15) is 0 Å². The maximum Gasteiger partial charge on any atom is 0.330 e. The lowest BCUT2D eigenvalue weighted by atomic mass is 10.1. The van der Waals surface area contributed by atoms with Crippen LogP contribution in [0.5, 0.6) is 5.88 Å². The molecule has 0 atom stereocenters. The maximum atomic E-state index is 10.8. The molecule has 8 heteroatoms. The van der Waals surface area contributed by atoms with Crippen molar-refractivity contribution in [3.05, 3.63) is 49.4 Å². The van der Waals surface area contributed by atoms with Crippen molar-refractivity contribution >= 4 is 40.5 Å². The lowest BCUT2D eigenvalue weighted by Gasteiger charge is -2.07. The Kier molecular flexibility index (Phi) is 4.32. The van der Waals surface area contributed by atoms with Crippen LogP contribution in [-0.2, 0) is 0 Å². The van der Waals surface area contributed by atoms with Crippen molar-refractivity contribution in [2.75, 3.05) is 7.11 Å². The number of rotatable bonds is 3. The second-order valence-electron chi connectivity index (χ2n) is 3.74. The number of aromatic nitrogens is 1. The predicted molar refractivity (Wildman–Crippen MR) is 77.9 cm³/mol. The number of ether oxygens (including phenoxy) is 1. The molecule has 2 aromatic rings. The molecule has 2 rings (SSSR count). The average molecular weight is 334 g/mol. The van der Waals surface area contributed by atoms with E-state index in [1.807, 2.05) is 0 Å². The van der Waals surface area contributed by atoms with Gasteiger partial charge in [0.25, 0.3) is 5.88 Å². The van der Waals surface area contributed by atoms with Gasteiger partial charge < -0.3 is 4.74 Å². The summed E-state index contributed by atoms with van der Waals surface area (Å²) in [6.07, 6.45) is 0. The first-order valence-corrected chi connectivity index (χ1v) is 6.41. The van der Waals surface area contributed by atoms with Gasteiger partial charge in [-0.1, -0.05) is 34.8 Å². The molecule has 0 aliphatic heterocycles. The summed E-state index contributed by atoms with van der Waals surface area (Å²) in [6.45, 7) is 0. The summed E-state index contributed by atoms with van der Waals surface area (Å²) in [4.78, 5) is 14.3. The van der Waals surface area contributed by atoms with Gasteiger partial charge in [-0.3, -0.25) is 10.1 Å². The Morgan fingerprint density at radius 2 is 1.80 bits per heavy atom. The minimum Gasteiger partial charge on any atom is -0.476 e. The fourth-order valence-electron chi connectivity index (χ4n) is 1.59. The molecule has 0 aliphatic carbocycles. The van der Waals surface area contributed by atoms with Gasteiger partial charge in [0.1, 0.15) is 0 Å². The van der Waals surface area contributed by atoms with Crippen LogP contribution in [0.2, 0.25) is 15.1 Å². The average Bonchev–Trinajstić information content (AvgIpc) is 2.43. The van der Waals surface area contributed by atoms with Crippen molar-refractivity contribution in [2.24, 2.45) is 0 Å². The minimum atomic E-state index is -0.572. The third-order valence-electron chi connectivity index (χ3n) is 2.51. The van der Waals surface area contributed by atoms with Gasteiger partial charge in [-0.05, 0) is 18.2 Å². The predicted octanol–water partition coefficient (Wildman–Crippen LogP) is 4.63. The molecule has 20 heavy (non-hydrogen) atoms. The van der Waals surface area contributed by atoms with Crippen molar-refractivity contribution in [3.63, 3.8) is 0 Å². The van der Waals surface area contributed by atoms with E-state index in [4.69, 9.17) is 39.5 Å². The summed E-state index contributed by atoms with van der Waals surface area (Å²) >= 11 is 17.7. The van der Waals surface area contributed by atoms with Crippen LogP contribution in [0, 0.1) is 10.1 Å². The van der Waals surface area contributed by atoms with E-state index in [9.17, 15) is 10.1 Å². The molecule has 0 saturated carbocycles. The highest BCUT2D eigenvalue weighted by Gasteiger charge is 2.18. The van der Waals surface area contributed by atoms with Gasteiger partial charge in [0, 0.05) is 11.6 Å². The van der Waals surface area contributed by atoms with Crippen LogP contribution in [0.4, 0.5) is 5.69 Å². The molecule has 0 aliphatic rings. The summed E-state index contributed by atoms with van der Waals surface area (Å²) in [5.41, 5.74) is 0.799. The molecule has 5 nitrogen and oxygen atoms in total. The Bertz CT molecular complexity index is 669. The SMILES string of the molecule is COc1nc(-c2cc(Cl)c(Cl)c(Cl)c2)ccc1[N+](=O)[O-]. The molecule has 1 heterocycles. The quantitative estimate of drug-likeness (QED) is 0.467. The summed E-state index contributed by atoms with van der Waals surface area (Å²) in [5.74, 6) is -0.0882. The van der Waals surface area contributed by atoms with E-state index in [2.05, 4.69) is 4.98 Å². The Hall–Kier alpha value is -1.56. The lowest BCUT2D eigenvalue weighted by Crippen LogP contribution is -1.97. The van der Waals surface area contributed by atoms with E-state index in [0.717, 1.165) is 0 Å². The van der Waals surface area contributed by atoms with Crippen molar-refractivity contribution in [3.8, 4) is 17.1 Å². The third-order valence-corrected chi connectivity index (χ3v) is 3.71. The normalized spacial score (nSPS) is 10.4. The van der Waals surface area contributed by atoms with Crippen LogP contribution in [0.15, 0.2) is 24.3 Å². The number of hydrogen-bond donors (Lipinski definition) is 0. The summed E-state index contributed by atoms with van der Waals surface area (Å²) < 4.78 is 4.91. The molecule has 1 aromatic carbocycles. The highest BCUT2D eigenvalue weighted by molar-refractivity contribution is 6.48. The van der Waals surface area contributed by atoms with E-state index in [0.29, 0.717) is 11.3 Å². The Morgan fingerprint density at radius 1 is 1.20 bits per heavy atom. The van der Waals surface area contributed by atoms with Crippen molar-refractivity contribution in [1.82, 2.24) is 4.98 Å². The Labute approximate surface area is 129 Å². The zero-order chi connectivity index (χ0) is 14.9. The third kappa shape index (κ3) is 2.80. The molecule has 0 unspecified atom stereocenters. The summed E-state index contributed by atoms with van der Waals surface area (Å²) in [6, 6.07) is 5.93. The van der Waals surface area contributed by atoms with Gasteiger partial charge in [0.05, 0.1) is 32.8 Å². The molecule has 0 radical (unpaired) electrons. The molecular weight excluding hydrogens is 327 g/mol. The van der Waals surface area contributed by atoms with Crippen LogP contribution in [-0.4, -0.2) is 17.0 Å². The standard InChI is InChI=1S/C12H7Cl3N2O3/c1-20-12-10(17(18)19)3-2-9(16-12)6-4-7(13)11(15)8(14)5-6/h2-5H,1H3. The number of nitro groups is 1. The fraction of sp³-hybridized carbons (Fsp3) is 0.0833. The van der Waals surface area contributed by atoms with Crippen molar-refractivity contribution in [1.29, 1.82) is 0 Å². The topological polar surface area (TPSA) is 65.3 Å². The second-order valence-corrected chi connectivity index (χ2v) is 4.93. The first-order chi connectivity index (χ1) is 9.43. The van der Waals surface area contributed by atoms with E-state index >= 15 is 0 Å². The number of nitrogens with zero attached hydrogens (tertiary/aromatic N) is 2. The van der Waals surface area contributed by atoms with Gasteiger partial charge in [0.15, 0.2) is 0 Å². The minimum absolute atomic E-state index is 0.0882. The number of pyridine rings is 1. The highest BCUT2D eigenvalue weighted by Crippen LogP contribution is 2.36. The zero-order valence-corrected chi connectivity index (χ0v) is 12.3. The largest absolute Gasteiger partial charge is 0.476 e. The lowest BCUT2D eigenvalue weighted by molar-refractivity contribution is -0.386. The first kappa shape index (κ1) is 14.8. The maximum absolute atomic E-state index is 10.8. The van der Waals surface area contributed by atoms with E-state index in [1.165, 1.54) is 19.2 Å². The summed E-state index contributed by atoms with van der Waals surface area (Å²) in [5, 5.41) is 11.6. The summed E-state index contributed by atoms with van der Waals surface area (Å²) in [7, 11) is 1.31. The van der Waals surface area contributed by atoms with Gasteiger partial charge in [-0.15, -0.1) is 0 Å². The van der Waals surface area contributed by atoms with Gasteiger partial charge >= 0.3 is 5.69 Å². The second kappa shape index (κ2) is 5.83. The van der Waals surface area contributed by atoms with E-state index < -0.39 is 4.92 Å². The van der Waals surface area contributed by atoms with E-state index in [-0.39, 0.29) is 26.6 Å². The van der Waals surface area contributed by atoms with Gasteiger partial charge in [-0.25, -0.2) is 4.98 Å². The molecule has 104 valence electrons. The van der Waals surface area contributed by atoms with E-state index in [1.54, 1.807) is 12.1 Å². The smallest absolute Gasteiger partial charge is 0.330 e. The highest BCUT2D eigenvalue weighted by atomic mass is 35.5. The Morgan fingerprint density at radius 3 is 2.30 bits per heavy atom. The molecular formula is C12H7Cl3N2O3. The molecule has 0 amide bonds. The van der Waals surface area contributed by atoms with Crippen molar-refractivity contribution in [2.45, 2.75) is 0 Å². The molecule has 1 aromatic heterocycles. The Balaban J connectivity index is 2.56. The molecule has 0 saturated heterocycles. The fourth-order valence-corrected chi connectivity index (χ4v) is 2.18. The first-order valence-electron chi connectivity index (χ1n) is 5.28. The molecule has 0 bridgehead atoms. The molecule has 0 fully saturated rings. The number of methoxy groups -OCH3 is 1. The van der Waals surface area contributed by atoms with Crippen LogP contribution >= 0.6 is 34.8 Å². The van der Waals surface area contributed by atoms with Crippen LogP contribution in [0.3, 0.4) is 0 Å².